The van der Waals surface area contributed by atoms with Gasteiger partial charge in [0.2, 0.25) is 0 Å². The van der Waals surface area contributed by atoms with Gasteiger partial charge in [0.05, 0.1) is 23.9 Å². The van der Waals surface area contributed by atoms with Gasteiger partial charge in [0, 0.05) is 37.0 Å². The number of nitrogens with zero attached hydrogens (tertiary/aromatic N) is 4. The van der Waals surface area contributed by atoms with E-state index in [2.05, 4.69) is 30.8 Å². The number of para-hydroxylation sites is 1. The van der Waals surface area contributed by atoms with Crippen LogP contribution < -0.4 is 26.4 Å². The molecule has 1 fully saturated rings. The van der Waals surface area contributed by atoms with Gasteiger partial charge in [-0.2, -0.15) is 5.10 Å². The molecular formula is C24H31F3N8O3. The molecule has 2 heterocycles. The number of guanidine groups is 1. The minimum Gasteiger partial charge on any atom is -0.405 e. The van der Waals surface area contributed by atoms with E-state index in [1.165, 1.54) is 24.4 Å². The first kappa shape index (κ1) is 27.4. The normalized spacial score (nSPS) is 24.9. The molecule has 1 aliphatic carbocycles. The van der Waals surface area contributed by atoms with E-state index < -0.39 is 16.9 Å². The Labute approximate surface area is 217 Å². The predicted molar refractivity (Wildman–Crippen MR) is 133 cm³/mol. The fraction of sp³-hybridized carbons (Fsp3) is 0.500. The number of benzene rings is 1. The van der Waals surface area contributed by atoms with E-state index in [1.807, 2.05) is 19.4 Å². The molecule has 14 heteroatoms. The van der Waals surface area contributed by atoms with Gasteiger partial charge in [-0.05, 0) is 44.1 Å². The van der Waals surface area contributed by atoms with Gasteiger partial charge in [-0.25, -0.2) is 4.99 Å². The predicted octanol–water partition coefficient (Wildman–Crippen LogP) is 2.88. The van der Waals surface area contributed by atoms with Gasteiger partial charge in [-0.3, -0.25) is 20.5 Å². The monoisotopic (exact) mass is 536 g/mol. The Balaban J connectivity index is 1.38. The second-order valence-electron chi connectivity index (χ2n) is 9.67. The lowest BCUT2D eigenvalue weighted by Crippen LogP contribution is -2.64. The van der Waals surface area contributed by atoms with Crippen molar-refractivity contribution in [2.45, 2.75) is 63.3 Å². The van der Waals surface area contributed by atoms with Crippen molar-refractivity contribution in [1.82, 2.24) is 25.7 Å². The molecule has 1 unspecified atom stereocenters. The average Bonchev–Trinajstić information content (AvgIpc) is 3.27. The van der Waals surface area contributed by atoms with E-state index >= 15 is 0 Å². The highest BCUT2D eigenvalue weighted by atomic mass is 19.4. The summed E-state index contributed by atoms with van der Waals surface area (Å²) in [4.78, 5) is 15.5. The largest absolute Gasteiger partial charge is 0.573 e. The summed E-state index contributed by atoms with van der Waals surface area (Å²) in [6.45, 7) is 0.565. The summed E-state index contributed by atoms with van der Waals surface area (Å²) < 4.78 is 44.0. The molecule has 1 aromatic heterocycles. The number of hydrogen-bond acceptors (Lipinski definition) is 7. The van der Waals surface area contributed by atoms with Crippen LogP contribution in [0.2, 0.25) is 0 Å². The number of aromatic nitrogens is 2. The lowest BCUT2D eigenvalue weighted by Gasteiger charge is -2.37. The summed E-state index contributed by atoms with van der Waals surface area (Å²) in [6.07, 6.45) is 3.96. The van der Waals surface area contributed by atoms with E-state index in [-0.39, 0.29) is 35.4 Å². The zero-order chi connectivity index (χ0) is 27.3. The molecule has 1 saturated carbocycles. The maximum absolute atomic E-state index is 12.7. The van der Waals surface area contributed by atoms with Gasteiger partial charge < -0.3 is 20.7 Å². The number of alkyl halides is 3. The number of aliphatic imine (C=N–C) groups is 1. The number of nitrogens with one attached hydrogen (secondary N) is 3. The number of halogens is 3. The summed E-state index contributed by atoms with van der Waals surface area (Å²) in [5.41, 5.74) is 6.13. The van der Waals surface area contributed by atoms with Crippen LogP contribution in [-0.2, 0) is 20.1 Å². The summed E-state index contributed by atoms with van der Waals surface area (Å²) in [5, 5.41) is 25.1. The zero-order valence-corrected chi connectivity index (χ0v) is 20.9. The third kappa shape index (κ3) is 7.22. The van der Waals surface area contributed by atoms with Crippen molar-refractivity contribution in [2.75, 3.05) is 0 Å². The summed E-state index contributed by atoms with van der Waals surface area (Å²) in [5.74, 6) is -0.0890. The molecule has 206 valence electrons. The highest BCUT2D eigenvalue weighted by Crippen LogP contribution is 2.33. The molecule has 5 N–H and O–H groups in total. The van der Waals surface area contributed by atoms with Crippen molar-refractivity contribution in [3.8, 4) is 5.75 Å². The van der Waals surface area contributed by atoms with Crippen LogP contribution >= 0.6 is 0 Å². The van der Waals surface area contributed by atoms with Crippen molar-refractivity contribution in [2.24, 2.45) is 23.7 Å². The Kier molecular flexibility index (Phi) is 8.21. The van der Waals surface area contributed by atoms with Gasteiger partial charge in [0.15, 0.2) is 11.6 Å². The second-order valence-corrected chi connectivity index (χ2v) is 9.67. The van der Waals surface area contributed by atoms with Crippen molar-refractivity contribution >= 4 is 5.96 Å². The summed E-state index contributed by atoms with van der Waals surface area (Å²) in [6, 6.07) is 5.99. The molecule has 2 aromatic rings. The molecule has 0 amide bonds. The first-order valence-electron chi connectivity index (χ1n) is 12.3. The second kappa shape index (κ2) is 11.4. The molecule has 0 bridgehead atoms. The molecule has 4 rings (SSSR count). The Morgan fingerprint density at radius 1 is 1.32 bits per heavy atom. The van der Waals surface area contributed by atoms with Gasteiger partial charge in [-0.1, -0.05) is 18.2 Å². The van der Waals surface area contributed by atoms with Crippen LogP contribution in [0.1, 0.15) is 43.2 Å². The molecule has 1 aromatic carbocycles. The fourth-order valence-corrected chi connectivity index (χ4v) is 4.91. The lowest BCUT2D eigenvalue weighted by molar-refractivity contribution is -0.437. The SMILES string of the molecule is Cn1cc(CNC2CCC(CC3(N)NC(=NCc4ccccc4OC(F)(F)F)NC=C3[N+](=O)[O-])CC2)cn1. The Bertz CT molecular complexity index is 1190. The van der Waals surface area contributed by atoms with Crippen LogP contribution in [-0.4, -0.2) is 38.7 Å². The molecule has 0 saturated heterocycles. The van der Waals surface area contributed by atoms with Crippen LogP contribution in [0.3, 0.4) is 0 Å². The highest BCUT2D eigenvalue weighted by Gasteiger charge is 2.44. The summed E-state index contributed by atoms with van der Waals surface area (Å²) in [7, 11) is 1.87. The summed E-state index contributed by atoms with van der Waals surface area (Å²) >= 11 is 0. The third-order valence-electron chi connectivity index (χ3n) is 6.76. The molecule has 38 heavy (non-hydrogen) atoms. The molecule has 1 aliphatic heterocycles. The standard InChI is InChI=1S/C24H31F3N8O3/c1-34-15-17(12-32-34)11-29-19-8-6-16(7-9-19)10-23(28)21(35(36)37)14-31-22(33-23)30-13-18-4-2-3-5-20(18)38-24(25,26)27/h2-5,12,14-16,19,29H,6-11,13,28H2,1H3,(H2,30,31,33). The van der Waals surface area contributed by atoms with Gasteiger partial charge in [0.1, 0.15) is 5.75 Å². The third-order valence-corrected chi connectivity index (χ3v) is 6.76. The number of nitrogens with two attached hydrogens (primary N) is 1. The first-order chi connectivity index (χ1) is 18.0. The van der Waals surface area contributed by atoms with E-state index in [0.717, 1.165) is 37.8 Å². The number of aryl methyl sites for hydroxylation is 1. The fourth-order valence-electron chi connectivity index (χ4n) is 4.91. The average molecular weight is 537 g/mol. The van der Waals surface area contributed by atoms with Crippen LogP contribution in [0.25, 0.3) is 0 Å². The minimum absolute atomic E-state index is 0.131. The topological polar surface area (TPSA) is 145 Å². The highest BCUT2D eigenvalue weighted by molar-refractivity contribution is 5.83. The maximum atomic E-state index is 12.7. The van der Waals surface area contributed by atoms with E-state index in [9.17, 15) is 23.3 Å². The lowest BCUT2D eigenvalue weighted by atomic mass is 9.80. The molecule has 1 atom stereocenters. The van der Waals surface area contributed by atoms with Gasteiger partial charge in [0.25, 0.3) is 0 Å². The molecular weight excluding hydrogens is 505 g/mol. The Hall–Kier alpha value is -3.65. The minimum atomic E-state index is -4.84. The van der Waals surface area contributed by atoms with Crippen molar-refractivity contribution in [3.63, 3.8) is 0 Å². The van der Waals surface area contributed by atoms with Crippen LogP contribution in [0.4, 0.5) is 13.2 Å². The number of nitro groups is 1. The van der Waals surface area contributed by atoms with Crippen LogP contribution in [0, 0.1) is 16.0 Å². The zero-order valence-electron chi connectivity index (χ0n) is 20.9. The Morgan fingerprint density at radius 3 is 2.71 bits per heavy atom. The smallest absolute Gasteiger partial charge is 0.405 e. The van der Waals surface area contributed by atoms with Crippen molar-refractivity contribution in [1.29, 1.82) is 0 Å². The number of rotatable bonds is 9. The van der Waals surface area contributed by atoms with E-state index in [4.69, 9.17) is 5.73 Å². The maximum Gasteiger partial charge on any atom is 0.573 e. The molecule has 11 nitrogen and oxygen atoms in total. The van der Waals surface area contributed by atoms with E-state index in [0.29, 0.717) is 12.5 Å². The van der Waals surface area contributed by atoms with Crippen LogP contribution in [0.5, 0.6) is 5.75 Å². The molecule has 0 radical (unpaired) electrons. The quantitative estimate of drug-likeness (QED) is 0.283. The number of ether oxygens (including phenoxy) is 1. The number of hydrogen-bond donors (Lipinski definition) is 4. The molecule has 0 spiro atoms. The van der Waals surface area contributed by atoms with Gasteiger partial charge in [-0.15, -0.1) is 13.2 Å². The van der Waals surface area contributed by atoms with Crippen molar-refractivity contribution in [3.05, 3.63) is 69.8 Å². The first-order valence-corrected chi connectivity index (χ1v) is 12.3. The van der Waals surface area contributed by atoms with Crippen molar-refractivity contribution < 1.29 is 22.8 Å². The molecule has 2 aliphatic rings. The van der Waals surface area contributed by atoms with Gasteiger partial charge >= 0.3 is 12.1 Å². The van der Waals surface area contributed by atoms with E-state index in [1.54, 1.807) is 10.7 Å². The van der Waals surface area contributed by atoms with Crippen LogP contribution in [0.15, 0.2) is 53.5 Å². The Morgan fingerprint density at radius 2 is 2.05 bits per heavy atom.